The summed E-state index contributed by atoms with van der Waals surface area (Å²) < 4.78 is 1.18. The molecule has 1 aliphatic rings. The van der Waals surface area contributed by atoms with Crippen LogP contribution in [0.2, 0.25) is 5.02 Å². The first-order valence-corrected chi connectivity index (χ1v) is 8.45. The van der Waals surface area contributed by atoms with Crippen molar-refractivity contribution < 1.29 is 0 Å². The normalized spacial score (nSPS) is 18.3. The average Bonchev–Trinajstić information content (AvgIpc) is 2.80. The van der Waals surface area contributed by atoms with Crippen LogP contribution in [0.5, 0.6) is 0 Å². The first-order valence-electron chi connectivity index (χ1n) is 7.26. The molecule has 1 aliphatic heterocycles. The van der Waals surface area contributed by atoms with Gasteiger partial charge in [0.05, 0.1) is 10.2 Å². The van der Waals surface area contributed by atoms with Crippen LogP contribution in [0.3, 0.4) is 0 Å². The number of anilines is 1. The quantitative estimate of drug-likeness (QED) is 0.915. The summed E-state index contributed by atoms with van der Waals surface area (Å²) in [4.78, 5) is 7.16. The van der Waals surface area contributed by atoms with Crippen LogP contribution in [-0.2, 0) is 0 Å². The minimum absolute atomic E-state index is 0.420. The Morgan fingerprint density at radius 1 is 1.35 bits per heavy atom. The monoisotopic (exact) mass is 309 g/mol. The van der Waals surface area contributed by atoms with Crippen molar-refractivity contribution in [3.8, 4) is 0 Å². The number of piperidine rings is 1. The van der Waals surface area contributed by atoms with Gasteiger partial charge in [-0.1, -0.05) is 29.4 Å². The van der Waals surface area contributed by atoms with E-state index in [4.69, 9.17) is 11.6 Å². The number of rotatable bonds is 4. The lowest BCUT2D eigenvalue weighted by Crippen LogP contribution is -2.38. The number of aromatic nitrogens is 1. The van der Waals surface area contributed by atoms with Crippen molar-refractivity contribution in [3.05, 3.63) is 23.2 Å². The lowest BCUT2D eigenvalue weighted by atomic mass is 10.1. The van der Waals surface area contributed by atoms with Gasteiger partial charge in [0.2, 0.25) is 0 Å². The van der Waals surface area contributed by atoms with Crippen molar-refractivity contribution in [2.75, 3.05) is 25.0 Å². The molecule has 1 saturated heterocycles. The highest BCUT2D eigenvalue weighted by molar-refractivity contribution is 7.22. The molecule has 3 rings (SSSR count). The third kappa shape index (κ3) is 3.43. The van der Waals surface area contributed by atoms with Crippen LogP contribution in [0.1, 0.15) is 26.2 Å². The molecule has 0 radical (unpaired) electrons. The van der Waals surface area contributed by atoms with Gasteiger partial charge in [0, 0.05) is 17.6 Å². The summed E-state index contributed by atoms with van der Waals surface area (Å²) in [5.74, 6) is 0. The Hall–Kier alpha value is -0.840. The van der Waals surface area contributed by atoms with Gasteiger partial charge in [0.1, 0.15) is 0 Å². The highest BCUT2D eigenvalue weighted by Gasteiger charge is 2.14. The number of halogens is 1. The second-order valence-electron chi connectivity index (χ2n) is 5.54. The molecule has 20 heavy (non-hydrogen) atoms. The minimum atomic E-state index is 0.420. The van der Waals surface area contributed by atoms with E-state index in [2.05, 4.69) is 22.1 Å². The number of benzene rings is 1. The fraction of sp³-hybridized carbons (Fsp3) is 0.533. The highest BCUT2D eigenvalue weighted by atomic mass is 35.5. The summed E-state index contributed by atoms with van der Waals surface area (Å²) in [6, 6.07) is 6.30. The Labute approximate surface area is 128 Å². The second-order valence-corrected chi connectivity index (χ2v) is 7.00. The van der Waals surface area contributed by atoms with Crippen LogP contribution in [0.15, 0.2) is 18.2 Å². The highest BCUT2D eigenvalue weighted by Crippen LogP contribution is 2.28. The molecular formula is C15H20ClN3S. The predicted molar refractivity (Wildman–Crippen MR) is 88.0 cm³/mol. The molecule has 1 N–H and O–H groups in total. The van der Waals surface area contributed by atoms with Gasteiger partial charge in [-0.25, -0.2) is 4.98 Å². The molecule has 2 aromatic rings. The maximum Gasteiger partial charge on any atom is 0.184 e. The van der Waals surface area contributed by atoms with Crippen molar-refractivity contribution in [1.82, 2.24) is 9.88 Å². The summed E-state index contributed by atoms with van der Waals surface area (Å²) in [5, 5.41) is 5.26. The smallest absolute Gasteiger partial charge is 0.184 e. The first-order chi connectivity index (χ1) is 9.70. The third-order valence-electron chi connectivity index (χ3n) is 3.70. The number of hydrogen-bond donors (Lipinski definition) is 1. The average molecular weight is 310 g/mol. The molecule has 1 aromatic heterocycles. The van der Waals surface area contributed by atoms with Crippen molar-refractivity contribution in [1.29, 1.82) is 0 Å². The molecule has 0 spiro atoms. The van der Waals surface area contributed by atoms with E-state index >= 15 is 0 Å². The predicted octanol–water partition coefficient (Wildman–Crippen LogP) is 4.24. The molecule has 0 amide bonds. The SMILES string of the molecule is CC(CN1CCCCC1)Nc1nc2cc(Cl)ccc2s1. The molecule has 0 aliphatic carbocycles. The van der Waals surface area contributed by atoms with E-state index in [0.29, 0.717) is 6.04 Å². The maximum absolute atomic E-state index is 6.00. The zero-order valence-corrected chi connectivity index (χ0v) is 13.3. The van der Waals surface area contributed by atoms with Gasteiger partial charge < -0.3 is 10.2 Å². The minimum Gasteiger partial charge on any atom is -0.358 e. The van der Waals surface area contributed by atoms with E-state index in [1.165, 1.54) is 37.1 Å². The lowest BCUT2D eigenvalue weighted by Gasteiger charge is -2.29. The molecular weight excluding hydrogens is 290 g/mol. The zero-order chi connectivity index (χ0) is 13.9. The Morgan fingerprint density at radius 3 is 2.95 bits per heavy atom. The van der Waals surface area contributed by atoms with Crippen LogP contribution in [0.25, 0.3) is 10.2 Å². The molecule has 0 saturated carbocycles. The number of fused-ring (bicyclic) bond motifs is 1. The largest absolute Gasteiger partial charge is 0.358 e. The van der Waals surface area contributed by atoms with Crippen LogP contribution in [0.4, 0.5) is 5.13 Å². The Balaban J connectivity index is 1.63. The summed E-state index contributed by atoms with van der Waals surface area (Å²) in [7, 11) is 0. The van der Waals surface area contributed by atoms with Crippen LogP contribution >= 0.6 is 22.9 Å². The fourth-order valence-electron chi connectivity index (χ4n) is 2.75. The van der Waals surface area contributed by atoms with Gasteiger partial charge in [-0.05, 0) is 51.1 Å². The molecule has 1 fully saturated rings. The molecule has 1 unspecified atom stereocenters. The van der Waals surface area contributed by atoms with Crippen molar-refractivity contribution in [2.24, 2.45) is 0 Å². The second kappa shape index (κ2) is 6.29. The maximum atomic E-state index is 6.00. The number of likely N-dealkylation sites (tertiary alicyclic amines) is 1. The molecule has 1 atom stereocenters. The molecule has 3 nitrogen and oxygen atoms in total. The molecule has 1 aromatic carbocycles. The van der Waals surface area contributed by atoms with Crippen LogP contribution in [0, 0.1) is 0 Å². The van der Waals surface area contributed by atoms with Crippen molar-refractivity contribution in [3.63, 3.8) is 0 Å². The van der Waals surface area contributed by atoms with E-state index in [-0.39, 0.29) is 0 Å². The van der Waals surface area contributed by atoms with Gasteiger partial charge in [0.15, 0.2) is 5.13 Å². The molecule has 108 valence electrons. The number of hydrogen-bond acceptors (Lipinski definition) is 4. The molecule has 0 bridgehead atoms. The van der Waals surface area contributed by atoms with Crippen LogP contribution in [-0.4, -0.2) is 35.6 Å². The summed E-state index contributed by atoms with van der Waals surface area (Å²) in [6.07, 6.45) is 4.07. The summed E-state index contributed by atoms with van der Waals surface area (Å²) >= 11 is 7.70. The van der Waals surface area contributed by atoms with Crippen LogP contribution < -0.4 is 5.32 Å². The lowest BCUT2D eigenvalue weighted by molar-refractivity contribution is 0.223. The Morgan fingerprint density at radius 2 is 2.15 bits per heavy atom. The number of nitrogens with zero attached hydrogens (tertiary/aromatic N) is 2. The van der Waals surface area contributed by atoms with E-state index in [1.807, 2.05) is 18.2 Å². The van der Waals surface area contributed by atoms with Gasteiger partial charge in [-0.3, -0.25) is 0 Å². The standard InChI is InChI=1S/C15H20ClN3S/c1-11(10-19-7-3-2-4-8-19)17-15-18-13-9-12(16)5-6-14(13)20-15/h5-6,9,11H,2-4,7-8,10H2,1H3,(H,17,18). The van der Waals surface area contributed by atoms with E-state index in [9.17, 15) is 0 Å². The number of nitrogens with one attached hydrogen (secondary N) is 1. The van der Waals surface area contributed by atoms with Gasteiger partial charge in [-0.15, -0.1) is 0 Å². The fourth-order valence-corrected chi connectivity index (χ4v) is 3.87. The number of thiazole rings is 1. The summed E-state index contributed by atoms with van der Waals surface area (Å²) in [6.45, 7) is 5.80. The third-order valence-corrected chi connectivity index (χ3v) is 4.90. The van der Waals surface area contributed by atoms with Gasteiger partial charge >= 0.3 is 0 Å². The Bertz CT molecular complexity index is 578. The van der Waals surface area contributed by atoms with Gasteiger partial charge in [0.25, 0.3) is 0 Å². The first kappa shape index (κ1) is 14.1. The molecule has 2 heterocycles. The van der Waals surface area contributed by atoms with Crippen molar-refractivity contribution >= 4 is 38.3 Å². The van der Waals surface area contributed by atoms with E-state index < -0.39 is 0 Å². The topological polar surface area (TPSA) is 28.2 Å². The van der Waals surface area contributed by atoms with E-state index in [1.54, 1.807) is 11.3 Å². The zero-order valence-electron chi connectivity index (χ0n) is 11.7. The van der Waals surface area contributed by atoms with Crippen molar-refractivity contribution in [2.45, 2.75) is 32.2 Å². The Kier molecular flexibility index (Phi) is 4.44. The summed E-state index contributed by atoms with van der Waals surface area (Å²) in [5.41, 5.74) is 0.982. The van der Waals surface area contributed by atoms with E-state index in [0.717, 1.165) is 22.2 Å². The molecule has 5 heteroatoms. The van der Waals surface area contributed by atoms with Gasteiger partial charge in [-0.2, -0.15) is 0 Å².